The highest BCUT2D eigenvalue weighted by Gasteiger charge is 2.35. The molecule has 1 saturated carbocycles. The van der Waals surface area contributed by atoms with E-state index in [1.807, 2.05) is 18.2 Å². The monoisotopic (exact) mass is 337 g/mol. The van der Waals surface area contributed by atoms with Crippen LogP contribution < -0.4 is 14.9 Å². The zero-order valence-corrected chi connectivity index (χ0v) is 13.9. The van der Waals surface area contributed by atoms with E-state index in [0.717, 1.165) is 25.9 Å². The topological polar surface area (TPSA) is 78.5 Å². The number of piperidine rings is 1. The summed E-state index contributed by atoms with van der Waals surface area (Å²) in [4.78, 5) is 14.2. The smallest absolute Gasteiger partial charge is 0.235 e. The zero-order valence-electron chi connectivity index (χ0n) is 13.1. The lowest BCUT2D eigenvalue weighted by atomic mass is 10.0. The molecule has 1 aromatic carbocycles. The number of hydrogen-bond acceptors (Lipinski definition) is 4. The van der Waals surface area contributed by atoms with Gasteiger partial charge in [0.25, 0.3) is 0 Å². The van der Waals surface area contributed by atoms with E-state index in [2.05, 4.69) is 27.1 Å². The van der Waals surface area contributed by atoms with Gasteiger partial charge in [0.1, 0.15) is 0 Å². The zero-order chi connectivity index (χ0) is 16.3. The van der Waals surface area contributed by atoms with Crippen molar-refractivity contribution in [1.29, 1.82) is 0 Å². The number of carbonyl (C=O) groups is 1. The van der Waals surface area contributed by atoms with Gasteiger partial charge in [0, 0.05) is 24.8 Å². The number of rotatable bonds is 6. The number of benzene rings is 1. The molecule has 1 aromatic rings. The van der Waals surface area contributed by atoms with Crippen LogP contribution in [0.15, 0.2) is 30.3 Å². The van der Waals surface area contributed by atoms with Crippen LogP contribution in [0, 0.1) is 0 Å². The van der Waals surface area contributed by atoms with Gasteiger partial charge in [-0.2, -0.15) is 0 Å². The van der Waals surface area contributed by atoms with E-state index in [0.29, 0.717) is 12.8 Å². The summed E-state index contributed by atoms with van der Waals surface area (Å²) in [6.07, 6.45) is 3.15. The fourth-order valence-corrected chi connectivity index (χ4v) is 4.19. The van der Waals surface area contributed by atoms with Crippen molar-refractivity contribution in [2.24, 2.45) is 0 Å². The molecule has 6 nitrogen and oxygen atoms in total. The van der Waals surface area contributed by atoms with Gasteiger partial charge >= 0.3 is 0 Å². The van der Waals surface area contributed by atoms with Crippen LogP contribution in [0.1, 0.15) is 25.7 Å². The van der Waals surface area contributed by atoms with E-state index in [1.165, 1.54) is 5.69 Å². The van der Waals surface area contributed by atoms with Crippen molar-refractivity contribution in [3.63, 3.8) is 0 Å². The number of hydrogen-bond donors (Lipinski definition) is 2. The number of carbonyl (C=O) groups excluding carboxylic acids is 1. The standard InChI is InChI=1S/C16H23N3O3S/c20-16(12-17-23(21,22)15-6-7-15)18-13-8-10-19(11-9-13)14-4-2-1-3-5-14/h1-5,13,15,17H,6-12H2,(H,18,20). The maximum absolute atomic E-state index is 11.9. The summed E-state index contributed by atoms with van der Waals surface area (Å²) in [6.45, 7) is 1.63. The lowest BCUT2D eigenvalue weighted by Crippen LogP contribution is -2.47. The molecule has 3 rings (SSSR count). The number of sulfonamides is 1. The highest BCUT2D eigenvalue weighted by atomic mass is 32.2. The van der Waals surface area contributed by atoms with E-state index in [4.69, 9.17) is 0 Å². The molecule has 2 N–H and O–H groups in total. The molecular weight excluding hydrogens is 314 g/mol. The third-order valence-electron chi connectivity index (χ3n) is 4.38. The van der Waals surface area contributed by atoms with E-state index in [-0.39, 0.29) is 23.7 Å². The van der Waals surface area contributed by atoms with Crippen molar-refractivity contribution < 1.29 is 13.2 Å². The van der Waals surface area contributed by atoms with Crippen LogP contribution in [-0.2, 0) is 14.8 Å². The molecule has 2 fully saturated rings. The molecule has 0 bridgehead atoms. The summed E-state index contributed by atoms with van der Waals surface area (Å²) >= 11 is 0. The van der Waals surface area contributed by atoms with Gasteiger partial charge in [-0.25, -0.2) is 13.1 Å². The van der Waals surface area contributed by atoms with E-state index < -0.39 is 10.0 Å². The van der Waals surface area contributed by atoms with Crippen LogP contribution in [0.4, 0.5) is 5.69 Å². The van der Waals surface area contributed by atoms with Gasteiger partial charge in [-0.15, -0.1) is 0 Å². The molecule has 1 amide bonds. The average molecular weight is 337 g/mol. The molecule has 1 heterocycles. The van der Waals surface area contributed by atoms with Gasteiger partial charge in [0.2, 0.25) is 15.9 Å². The molecule has 1 saturated heterocycles. The number of nitrogens with one attached hydrogen (secondary N) is 2. The molecule has 0 atom stereocenters. The number of nitrogens with zero attached hydrogens (tertiary/aromatic N) is 1. The van der Waals surface area contributed by atoms with E-state index in [1.54, 1.807) is 0 Å². The SMILES string of the molecule is O=C(CNS(=O)(=O)C1CC1)NC1CCN(c2ccccc2)CC1. The average Bonchev–Trinajstić information content (AvgIpc) is 3.40. The van der Waals surface area contributed by atoms with Gasteiger partial charge in [-0.1, -0.05) is 18.2 Å². The molecule has 0 radical (unpaired) electrons. The number of amides is 1. The van der Waals surface area contributed by atoms with Crippen molar-refractivity contribution in [2.75, 3.05) is 24.5 Å². The minimum absolute atomic E-state index is 0.118. The Kier molecular flexibility index (Phi) is 4.87. The predicted molar refractivity (Wildman–Crippen MR) is 89.8 cm³/mol. The molecule has 1 aliphatic heterocycles. The third kappa shape index (κ3) is 4.45. The Hall–Kier alpha value is -1.60. The van der Waals surface area contributed by atoms with Gasteiger partial charge in [-0.05, 0) is 37.8 Å². The fraction of sp³-hybridized carbons (Fsp3) is 0.562. The maximum Gasteiger partial charge on any atom is 0.235 e. The van der Waals surface area contributed by atoms with Gasteiger partial charge in [0.15, 0.2) is 0 Å². The van der Waals surface area contributed by atoms with Crippen molar-refractivity contribution in [3.8, 4) is 0 Å². The van der Waals surface area contributed by atoms with E-state index >= 15 is 0 Å². The molecule has 7 heteroatoms. The third-order valence-corrected chi connectivity index (χ3v) is 6.27. The second-order valence-corrected chi connectivity index (χ2v) is 8.28. The maximum atomic E-state index is 11.9. The molecule has 126 valence electrons. The molecular formula is C16H23N3O3S. The summed E-state index contributed by atoms with van der Waals surface area (Å²) in [5, 5.41) is 2.64. The largest absolute Gasteiger partial charge is 0.371 e. The molecule has 23 heavy (non-hydrogen) atoms. The highest BCUT2D eigenvalue weighted by Crippen LogP contribution is 2.27. The van der Waals surface area contributed by atoms with Gasteiger partial charge < -0.3 is 10.2 Å². The summed E-state index contributed by atoms with van der Waals surface area (Å²) in [6, 6.07) is 10.3. The Bertz CT molecular complexity index is 636. The quantitative estimate of drug-likeness (QED) is 0.807. The summed E-state index contributed by atoms with van der Waals surface area (Å²) in [5.74, 6) is -0.243. The molecule has 0 unspecified atom stereocenters. The van der Waals surface area contributed by atoms with Gasteiger partial charge in [0.05, 0.1) is 11.8 Å². The van der Waals surface area contributed by atoms with Crippen molar-refractivity contribution in [1.82, 2.24) is 10.0 Å². The second kappa shape index (κ2) is 6.88. The van der Waals surface area contributed by atoms with Crippen molar-refractivity contribution >= 4 is 21.6 Å². The van der Waals surface area contributed by atoms with Crippen molar-refractivity contribution in [3.05, 3.63) is 30.3 Å². The van der Waals surface area contributed by atoms with Crippen LogP contribution in [0.2, 0.25) is 0 Å². The predicted octanol–water partition coefficient (Wildman–Crippen LogP) is 0.853. The molecule has 0 aromatic heterocycles. The Labute approximate surface area is 137 Å². The van der Waals surface area contributed by atoms with Crippen LogP contribution in [-0.4, -0.2) is 45.3 Å². The van der Waals surface area contributed by atoms with Crippen molar-refractivity contribution in [2.45, 2.75) is 37.0 Å². The summed E-state index contributed by atoms with van der Waals surface area (Å²) in [5.41, 5.74) is 1.20. The summed E-state index contributed by atoms with van der Waals surface area (Å²) < 4.78 is 25.8. The van der Waals surface area contributed by atoms with Crippen LogP contribution in [0.5, 0.6) is 0 Å². The second-order valence-electron chi connectivity index (χ2n) is 6.23. The van der Waals surface area contributed by atoms with Crippen LogP contribution in [0.3, 0.4) is 0 Å². The Morgan fingerprint density at radius 3 is 2.35 bits per heavy atom. The molecule has 1 aliphatic carbocycles. The highest BCUT2D eigenvalue weighted by molar-refractivity contribution is 7.90. The van der Waals surface area contributed by atoms with Crippen LogP contribution >= 0.6 is 0 Å². The first kappa shape index (κ1) is 16.3. The fourth-order valence-electron chi connectivity index (χ4n) is 2.86. The lowest BCUT2D eigenvalue weighted by molar-refractivity contribution is -0.120. The minimum atomic E-state index is -3.29. The van der Waals surface area contributed by atoms with E-state index in [9.17, 15) is 13.2 Å². The number of anilines is 1. The van der Waals surface area contributed by atoms with Crippen LogP contribution in [0.25, 0.3) is 0 Å². The Balaban J connectivity index is 1.41. The normalized spacial score (nSPS) is 19.6. The first-order valence-corrected chi connectivity index (χ1v) is 9.67. The first-order chi connectivity index (χ1) is 11.0. The first-order valence-electron chi connectivity index (χ1n) is 8.12. The Morgan fingerprint density at radius 2 is 1.74 bits per heavy atom. The molecule has 0 spiro atoms. The Morgan fingerprint density at radius 1 is 1.09 bits per heavy atom. The minimum Gasteiger partial charge on any atom is -0.371 e. The van der Waals surface area contributed by atoms with Gasteiger partial charge in [-0.3, -0.25) is 4.79 Å². The summed E-state index contributed by atoms with van der Waals surface area (Å²) in [7, 11) is -3.29. The molecule has 2 aliphatic rings. The number of para-hydroxylation sites is 1. The lowest BCUT2D eigenvalue weighted by Gasteiger charge is -2.34.